The standard InChI is InChI=1S/C14H9N5O/c15-7-9-5-6-12(17-8-9)14-18-13(19-20-14)10-3-1-2-4-11(10)16/h1-6,8H,16H2. The van der Waals surface area contributed by atoms with E-state index in [1.165, 1.54) is 6.20 Å². The molecule has 20 heavy (non-hydrogen) atoms. The number of hydrogen-bond acceptors (Lipinski definition) is 6. The monoisotopic (exact) mass is 263 g/mol. The van der Waals surface area contributed by atoms with Crippen LogP contribution in [-0.2, 0) is 0 Å². The van der Waals surface area contributed by atoms with E-state index in [9.17, 15) is 0 Å². The van der Waals surface area contributed by atoms with Crippen molar-refractivity contribution in [3.63, 3.8) is 0 Å². The number of para-hydroxylation sites is 1. The Morgan fingerprint density at radius 1 is 1.15 bits per heavy atom. The summed E-state index contributed by atoms with van der Waals surface area (Å²) >= 11 is 0. The SMILES string of the molecule is N#Cc1ccc(-c2nc(-c3ccccc3N)no2)nc1. The van der Waals surface area contributed by atoms with Crippen molar-refractivity contribution in [2.45, 2.75) is 0 Å². The smallest absolute Gasteiger partial charge is 0.276 e. The first-order chi connectivity index (χ1) is 9.78. The van der Waals surface area contributed by atoms with Crippen molar-refractivity contribution in [2.24, 2.45) is 0 Å². The van der Waals surface area contributed by atoms with Gasteiger partial charge >= 0.3 is 0 Å². The Morgan fingerprint density at radius 2 is 2.00 bits per heavy atom. The first-order valence-electron chi connectivity index (χ1n) is 5.83. The van der Waals surface area contributed by atoms with Crippen LogP contribution in [0.3, 0.4) is 0 Å². The lowest BCUT2D eigenvalue weighted by Gasteiger charge is -1.98. The van der Waals surface area contributed by atoms with E-state index >= 15 is 0 Å². The summed E-state index contributed by atoms with van der Waals surface area (Å²) < 4.78 is 5.17. The number of nitrogens with zero attached hydrogens (tertiary/aromatic N) is 4. The molecule has 0 saturated carbocycles. The summed E-state index contributed by atoms with van der Waals surface area (Å²) in [7, 11) is 0. The number of nitrogen functional groups attached to an aromatic ring is 1. The lowest BCUT2D eigenvalue weighted by atomic mass is 10.2. The van der Waals surface area contributed by atoms with E-state index in [1.54, 1.807) is 18.2 Å². The number of rotatable bonds is 2. The summed E-state index contributed by atoms with van der Waals surface area (Å²) in [5.74, 6) is 0.692. The summed E-state index contributed by atoms with van der Waals surface area (Å²) in [6.07, 6.45) is 1.45. The van der Waals surface area contributed by atoms with Gasteiger partial charge in [-0.05, 0) is 24.3 Å². The molecule has 0 aliphatic carbocycles. The molecule has 0 saturated heterocycles. The molecule has 2 heterocycles. The van der Waals surface area contributed by atoms with E-state index in [-0.39, 0.29) is 5.89 Å². The molecule has 0 atom stereocenters. The predicted molar refractivity (Wildman–Crippen MR) is 72.1 cm³/mol. The van der Waals surface area contributed by atoms with Crippen LogP contribution >= 0.6 is 0 Å². The summed E-state index contributed by atoms with van der Waals surface area (Å²) in [6.45, 7) is 0. The number of anilines is 1. The highest BCUT2D eigenvalue weighted by Crippen LogP contribution is 2.25. The molecular weight excluding hydrogens is 254 g/mol. The number of hydrogen-bond donors (Lipinski definition) is 1. The van der Waals surface area contributed by atoms with Crippen molar-refractivity contribution in [1.29, 1.82) is 5.26 Å². The van der Waals surface area contributed by atoms with Gasteiger partial charge in [-0.25, -0.2) is 4.98 Å². The van der Waals surface area contributed by atoms with Gasteiger partial charge in [-0.3, -0.25) is 0 Å². The van der Waals surface area contributed by atoms with Crippen molar-refractivity contribution < 1.29 is 4.52 Å². The second kappa shape index (κ2) is 4.82. The average molecular weight is 263 g/mol. The van der Waals surface area contributed by atoms with Crippen LogP contribution in [-0.4, -0.2) is 15.1 Å². The largest absolute Gasteiger partial charge is 0.398 e. The zero-order valence-electron chi connectivity index (χ0n) is 10.3. The predicted octanol–water partition coefficient (Wildman–Crippen LogP) is 2.25. The number of aromatic nitrogens is 3. The first-order valence-corrected chi connectivity index (χ1v) is 5.83. The highest BCUT2D eigenvalue weighted by molar-refractivity contribution is 5.71. The average Bonchev–Trinajstić information content (AvgIpc) is 2.97. The maximum absolute atomic E-state index is 8.73. The molecule has 2 aromatic heterocycles. The molecule has 0 radical (unpaired) electrons. The first kappa shape index (κ1) is 11.9. The van der Waals surface area contributed by atoms with Crippen LogP contribution in [0.4, 0.5) is 5.69 Å². The molecule has 0 aliphatic rings. The third-order valence-electron chi connectivity index (χ3n) is 2.74. The molecule has 6 heteroatoms. The summed E-state index contributed by atoms with van der Waals surface area (Å²) in [4.78, 5) is 8.36. The van der Waals surface area contributed by atoms with E-state index in [0.717, 1.165) is 0 Å². The van der Waals surface area contributed by atoms with Gasteiger partial charge in [0, 0.05) is 17.4 Å². The molecule has 2 N–H and O–H groups in total. The van der Waals surface area contributed by atoms with Gasteiger partial charge < -0.3 is 10.3 Å². The van der Waals surface area contributed by atoms with Gasteiger partial charge in [0.1, 0.15) is 11.8 Å². The highest BCUT2D eigenvalue weighted by Gasteiger charge is 2.13. The van der Waals surface area contributed by atoms with Gasteiger partial charge in [0.2, 0.25) is 5.82 Å². The van der Waals surface area contributed by atoms with E-state index in [0.29, 0.717) is 28.3 Å². The van der Waals surface area contributed by atoms with Crippen LogP contribution in [0.15, 0.2) is 47.1 Å². The molecule has 96 valence electrons. The minimum Gasteiger partial charge on any atom is -0.398 e. The Labute approximate surface area is 114 Å². The topological polar surface area (TPSA) is 102 Å². The van der Waals surface area contributed by atoms with E-state index in [1.807, 2.05) is 24.3 Å². The number of nitrogens with two attached hydrogens (primary N) is 1. The molecule has 0 aliphatic heterocycles. The van der Waals surface area contributed by atoms with Crippen molar-refractivity contribution in [1.82, 2.24) is 15.1 Å². The molecular formula is C14H9N5O. The number of pyridine rings is 1. The zero-order valence-corrected chi connectivity index (χ0v) is 10.3. The van der Waals surface area contributed by atoms with Crippen molar-refractivity contribution in [3.05, 3.63) is 48.2 Å². The maximum Gasteiger partial charge on any atom is 0.276 e. The fourth-order valence-electron chi connectivity index (χ4n) is 1.72. The fourth-order valence-corrected chi connectivity index (χ4v) is 1.72. The molecule has 0 bridgehead atoms. The lowest BCUT2D eigenvalue weighted by Crippen LogP contribution is -1.90. The number of benzene rings is 1. The Morgan fingerprint density at radius 3 is 2.70 bits per heavy atom. The molecule has 0 amide bonds. The second-order valence-electron chi connectivity index (χ2n) is 4.05. The Balaban J connectivity index is 1.98. The minimum atomic E-state index is 0.285. The normalized spacial score (nSPS) is 10.2. The third-order valence-corrected chi connectivity index (χ3v) is 2.74. The van der Waals surface area contributed by atoms with Crippen LogP contribution in [0.25, 0.3) is 23.0 Å². The molecule has 0 spiro atoms. The van der Waals surface area contributed by atoms with Gasteiger partial charge in [-0.15, -0.1) is 0 Å². The fraction of sp³-hybridized carbons (Fsp3) is 0. The van der Waals surface area contributed by atoms with Gasteiger partial charge in [-0.2, -0.15) is 10.2 Å². The Bertz CT molecular complexity index is 786. The van der Waals surface area contributed by atoms with Gasteiger partial charge in [0.25, 0.3) is 5.89 Å². The van der Waals surface area contributed by atoms with Crippen LogP contribution in [0.1, 0.15) is 5.56 Å². The minimum absolute atomic E-state index is 0.285. The van der Waals surface area contributed by atoms with E-state index < -0.39 is 0 Å². The van der Waals surface area contributed by atoms with E-state index in [2.05, 4.69) is 15.1 Å². The van der Waals surface area contributed by atoms with Crippen LogP contribution in [0.5, 0.6) is 0 Å². The summed E-state index contributed by atoms with van der Waals surface area (Å²) in [5, 5.41) is 12.6. The van der Waals surface area contributed by atoms with Gasteiger partial charge in [-0.1, -0.05) is 17.3 Å². The molecule has 1 aromatic carbocycles. The highest BCUT2D eigenvalue weighted by atomic mass is 16.5. The van der Waals surface area contributed by atoms with Crippen LogP contribution < -0.4 is 5.73 Å². The van der Waals surface area contributed by atoms with Crippen molar-refractivity contribution >= 4 is 5.69 Å². The Kier molecular flexibility index (Phi) is 2.86. The second-order valence-corrected chi connectivity index (χ2v) is 4.05. The molecule has 0 unspecified atom stereocenters. The van der Waals surface area contributed by atoms with E-state index in [4.69, 9.17) is 15.5 Å². The quantitative estimate of drug-likeness (QED) is 0.711. The molecule has 0 fully saturated rings. The van der Waals surface area contributed by atoms with Gasteiger partial charge in [0.05, 0.1) is 5.56 Å². The van der Waals surface area contributed by atoms with Crippen molar-refractivity contribution in [3.8, 4) is 29.0 Å². The molecule has 3 aromatic rings. The maximum atomic E-state index is 8.73. The number of nitriles is 1. The molecule has 6 nitrogen and oxygen atoms in total. The zero-order chi connectivity index (χ0) is 13.9. The van der Waals surface area contributed by atoms with Crippen LogP contribution in [0, 0.1) is 11.3 Å². The van der Waals surface area contributed by atoms with Crippen molar-refractivity contribution in [2.75, 3.05) is 5.73 Å². The summed E-state index contributed by atoms with van der Waals surface area (Å²) in [6, 6.07) is 12.6. The Hall–Kier alpha value is -3.20. The molecule has 3 rings (SSSR count). The third kappa shape index (κ3) is 2.08. The van der Waals surface area contributed by atoms with Gasteiger partial charge in [0.15, 0.2) is 0 Å². The summed E-state index contributed by atoms with van der Waals surface area (Å²) in [5.41, 5.74) is 8.13. The lowest BCUT2D eigenvalue weighted by molar-refractivity contribution is 0.431. The van der Waals surface area contributed by atoms with Crippen LogP contribution in [0.2, 0.25) is 0 Å².